The molecule has 5 nitrogen and oxygen atoms in total. The maximum absolute atomic E-state index is 12.2. The Balaban J connectivity index is 2.17. The molecule has 104 valence electrons. The van der Waals surface area contributed by atoms with Crippen LogP contribution < -0.4 is 10.5 Å². The smallest absolute Gasteiger partial charge is 0.242 e. The fraction of sp³-hybridized carbons (Fsp3) is 0.500. The number of rotatable bonds is 4. The van der Waals surface area contributed by atoms with Gasteiger partial charge in [0.1, 0.15) is 9.88 Å². The van der Waals surface area contributed by atoms with E-state index in [1.807, 2.05) is 0 Å². The van der Waals surface area contributed by atoms with Crippen molar-refractivity contribution in [2.24, 2.45) is 11.7 Å². The summed E-state index contributed by atoms with van der Waals surface area (Å²) < 4.78 is 27.1. The maximum Gasteiger partial charge on any atom is 0.242 e. The second kappa shape index (κ2) is 5.52. The minimum Gasteiger partial charge on any atom is -0.388 e. The van der Waals surface area contributed by atoms with E-state index in [9.17, 15) is 8.42 Å². The monoisotopic (exact) mass is 299 g/mol. The van der Waals surface area contributed by atoms with Crippen LogP contribution in [0.4, 0.5) is 0 Å². The minimum absolute atomic E-state index is 0.0141. The lowest BCUT2D eigenvalue weighted by atomic mass is 10.1. The van der Waals surface area contributed by atoms with Crippen molar-refractivity contribution in [3.05, 3.63) is 24.0 Å². The molecule has 1 aliphatic carbocycles. The molecular weight excluding hydrogens is 282 g/mol. The summed E-state index contributed by atoms with van der Waals surface area (Å²) in [6.45, 7) is 2.06. The average molecular weight is 299 g/mol. The standard InChI is InChI=1S/C12H17N3O2S2/c1-8-3-2-4-10(8)15-19(16,17)9-5-6-11(12(13)18)14-7-9/h5-8,10,15H,2-4H2,1H3,(H2,13,18). The molecule has 1 aromatic heterocycles. The third-order valence-electron chi connectivity index (χ3n) is 3.47. The third kappa shape index (κ3) is 3.29. The van der Waals surface area contributed by atoms with E-state index < -0.39 is 10.0 Å². The number of nitrogens with one attached hydrogen (secondary N) is 1. The fourth-order valence-corrected chi connectivity index (χ4v) is 3.72. The van der Waals surface area contributed by atoms with Gasteiger partial charge in [0.15, 0.2) is 0 Å². The Morgan fingerprint density at radius 3 is 2.68 bits per heavy atom. The first-order chi connectivity index (χ1) is 8.90. The molecule has 0 aliphatic heterocycles. The molecule has 3 N–H and O–H groups in total. The van der Waals surface area contributed by atoms with Crippen LogP contribution in [0.1, 0.15) is 31.9 Å². The number of nitrogens with two attached hydrogens (primary N) is 1. The second-order valence-corrected chi connectivity index (χ2v) is 7.03. The molecule has 1 heterocycles. The van der Waals surface area contributed by atoms with E-state index in [1.54, 1.807) is 0 Å². The van der Waals surface area contributed by atoms with Gasteiger partial charge in [-0.1, -0.05) is 25.6 Å². The van der Waals surface area contributed by atoms with Crippen molar-refractivity contribution in [1.29, 1.82) is 0 Å². The van der Waals surface area contributed by atoms with E-state index >= 15 is 0 Å². The van der Waals surface area contributed by atoms with Crippen LogP contribution >= 0.6 is 12.2 Å². The number of pyridine rings is 1. The van der Waals surface area contributed by atoms with Crippen molar-refractivity contribution in [3.63, 3.8) is 0 Å². The summed E-state index contributed by atoms with van der Waals surface area (Å²) in [7, 11) is -3.52. The van der Waals surface area contributed by atoms with Crippen molar-refractivity contribution in [2.75, 3.05) is 0 Å². The van der Waals surface area contributed by atoms with Crippen molar-refractivity contribution >= 4 is 27.2 Å². The van der Waals surface area contributed by atoms with Gasteiger partial charge in [-0.3, -0.25) is 4.98 Å². The molecule has 2 atom stereocenters. The number of hydrogen-bond donors (Lipinski definition) is 2. The second-order valence-electron chi connectivity index (χ2n) is 4.88. The first kappa shape index (κ1) is 14.4. The summed E-state index contributed by atoms with van der Waals surface area (Å²) in [6, 6.07) is 3.01. The van der Waals surface area contributed by atoms with E-state index in [1.165, 1.54) is 18.3 Å². The lowest BCUT2D eigenvalue weighted by molar-refractivity contribution is 0.476. The Bertz CT molecular complexity index is 569. The maximum atomic E-state index is 12.2. The van der Waals surface area contributed by atoms with E-state index in [4.69, 9.17) is 18.0 Å². The van der Waals surface area contributed by atoms with Crippen LogP contribution in [0.15, 0.2) is 23.2 Å². The summed E-state index contributed by atoms with van der Waals surface area (Å²) in [5.74, 6) is 0.374. The summed E-state index contributed by atoms with van der Waals surface area (Å²) >= 11 is 4.78. The Kier molecular flexibility index (Phi) is 4.17. The third-order valence-corrected chi connectivity index (χ3v) is 5.15. The Hall–Kier alpha value is -1.05. The highest BCUT2D eigenvalue weighted by molar-refractivity contribution is 7.89. The highest BCUT2D eigenvalue weighted by Gasteiger charge is 2.28. The Labute approximate surface area is 118 Å². The first-order valence-electron chi connectivity index (χ1n) is 6.18. The zero-order valence-electron chi connectivity index (χ0n) is 10.7. The molecular formula is C12H17N3O2S2. The summed E-state index contributed by atoms with van der Waals surface area (Å²) in [4.78, 5) is 4.25. The minimum atomic E-state index is -3.52. The van der Waals surface area contributed by atoms with Gasteiger partial charge in [0.2, 0.25) is 10.0 Å². The highest BCUT2D eigenvalue weighted by Crippen LogP contribution is 2.26. The van der Waals surface area contributed by atoms with Crippen molar-refractivity contribution < 1.29 is 8.42 Å². The summed E-state index contributed by atoms with van der Waals surface area (Å²) in [5.41, 5.74) is 5.85. The fourth-order valence-electron chi connectivity index (χ4n) is 2.27. The number of thiocarbonyl (C=S) groups is 1. The van der Waals surface area contributed by atoms with Crippen LogP contribution in [-0.2, 0) is 10.0 Å². The quantitative estimate of drug-likeness (QED) is 0.816. The van der Waals surface area contributed by atoms with Gasteiger partial charge >= 0.3 is 0 Å². The molecule has 0 radical (unpaired) electrons. The van der Waals surface area contributed by atoms with E-state index in [0.717, 1.165) is 19.3 Å². The van der Waals surface area contributed by atoms with Crippen LogP contribution in [0, 0.1) is 5.92 Å². The van der Waals surface area contributed by atoms with Crippen molar-refractivity contribution in [1.82, 2.24) is 9.71 Å². The predicted molar refractivity (Wildman–Crippen MR) is 77.2 cm³/mol. The van der Waals surface area contributed by atoms with Crippen molar-refractivity contribution in [2.45, 2.75) is 37.1 Å². The van der Waals surface area contributed by atoms with E-state index in [0.29, 0.717) is 11.6 Å². The van der Waals surface area contributed by atoms with Gasteiger partial charge in [-0.2, -0.15) is 0 Å². The normalized spacial score (nSPS) is 23.4. The van der Waals surface area contributed by atoms with Crippen LogP contribution in [0.25, 0.3) is 0 Å². The van der Waals surface area contributed by atoms with Gasteiger partial charge in [0.25, 0.3) is 0 Å². The molecule has 0 aromatic carbocycles. The topological polar surface area (TPSA) is 85.1 Å². The molecule has 2 rings (SSSR count). The molecule has 0 saturated heterocycles. The SMILES string of the molecule is CC1CCCC1NS(=O)(=O)c1ccc(C(N)=S)nc1. The molecule has 1 saturated carbocycles. The largest absolute Gasteiger partial charge is 0.388 e. The molecule has 0 spiro atoms. The summed E-state index contributed by atoms with van der Waals surface area (Å²) in [5, 5.41) is 0. The van der Waals surface area contributed by atoms with Gasteiger partial charge in [-0.15, -0.1) is 0 Å². The van der Waals surface area contributed by atoms with Gasteiger partial charge in [-0.05, 0) is 30.9 Å². The lowest BCUT2D eigenvalue weighted by Gasteiger charge is -2.17. The lowest BCUT2D eigenvalue weighted by Crippen LogP contribution is -2.36. The van der Waals surface area contributed by atoms with Gasteiger partial charge in [-0.25, -0.2) is 13.1 Å². The van der Waals surface area contributed by atoms with Crippen LogP contribution in [0.2, 0.25) is 0 Å². The molecule has 2 unspecified atom stereocenters. The number of aromatic nitrogens is 1. The average Bonchev–Trinajstić information content (AvgIpc) is 2.74. The number of hydrogen-bond acceptors (Lipinski definition) is 4. The molecule has 19 heavy (non-hydrogen) atoms. The Morgan fingerprint density at radius 1 is 1.47 bits per heavy atom. The first-order valence-corrected chi connectivity index (χ1v) is 8.07. The van der Waals surface area contributed by atoms with Crippen LogP contribution in [0.5, 0.6) is 0 Å². The number of nitrogens with zero attached hydrogens (tertiary/aromatic N) is 1. The van der Waals surface area contributed by atoms with Gasteiger partial charge in [0, 0.05) is 12.2 Å². The van der Waals surface area contributed by atoms with E-state index in [-0.39, 0.29) is 15.9 Å². The molecule has 0 bridgehead atoms. The molecule has 0 amide bonds. The van der Waals surface area contributed by atoms with Crippen LogP contribution in [0.3, 0.4) is 0 Å². The highest BCUT2D eigenvalue weighted by atomic mass is 32.2. The predicted octanol–water partition coefficient (Wildman–Crippen LogP) is 1.18. The van der Waals surface area contributed by atoms with Gasteiger partial charge in [0.05, 0.1) is 5.69 Å². The molecule has 1 aliphatic rings. The summed E-state index contributed by atoms with van der Waals surface area (Å²) in [6.07, 6.45) is 4.30. The number of sulfonamides is 1. The molecule has 7 heteroatoms. The van der Waals surface area contributed by atoms with Crippen LogP contribution in [-0.4, -0.2) is 24.4 Å². The molecule has 1 aromatic rings. The van der Waals surface area contributed by atoms with E-state index in [2.05, 4.69) is 16.6 Å². The van der Waals surface area contributed by atoms with Gasteiger partial charge < -0.3 is 5.73 Å². The molecule has 1 fully saturated rings. The van der Waals surface area contributed by atoms with Crippen molar-refractivity contribution in [3.8, 4) is 0 Å². The Morgan fingerprint density at radius 2 is 2.21 bits per heavy atom. The zero-order chi connectivity index (χ0) is 14.0. The zero-order valence-corrected chi connectivity index (χ0v) is 12.3.